The van der Waals surface area contributed by atoms with E-state index in [1.165, 1.54) is 0 Å². The van der Waals surface area contributed by atoms with Crippen molar-refractivity contribution in [2.24, 2.45) is 5.73 Å². The molecule has 0 saturated heterocycles. The lowest BCUT2D eigenvalue weighted by Crippen LogP contribution is -2.18. The molecule has 0 aliphatic heterocycles. The number of hydrogen-bond acceptors (Lipinski definition) is 4. The standard InChI is InChI=1S/C14H24N2O2S/c1-3-19(17,18)14-9-7-13(8-10-14)16(2)12-6-4-5-11-15/h7-10H,3-6,11-12,15H2,1-2H3. The molecule has 1 aromatic carbocycles. The van der Waals surface area contributed by atoms with Crippen LogP contribution in [0.2, 0.25) is 0 Å². The van der Waals surface area contributed by atoms with E-state index in [1.54, 1.807) is 19.1 Å². The van der Waals surface area contributed by atoms with E-state index in [4.69, 9.17) is 5.73 Å². The van der Waals surface area contributed by atoms with Gasteiger partial charge in [-0.05, 0) is 43.7 Å². The summed E-state index contributed by atoms with van der Waals surface area (Å²) in [6.07, 6.45) is 3.29. The van der Waals surface area contributed by atoms with Gasteiger partial charge in [-0.1, -0.05) is 13.3 Å². The molecule has 19 heavy (non-hydrogen) atoms. The van der Waals surface area contributed by atoms with E-state index >= 15 is 0 Å². The van der Waals surface area contributed by atoms with Gasteiger partial charge >= 0.3 is 0 Å². The Morgan fingerprint density at radius 3 is 2.26 bits per heavy atom. The summed E-state index contributed by atoms with van der Waals surface area (Å²) in [6.45, 7) is 3.36. The number of benzene rings is 1. The first kappa shape index (κ1) is 16.0. The Kier molecular flexibility index (Phi) is 6.31. The molecule has 0 amide bonds. The molecule has 0 aliphatic carbocycles. The highest BCUT2D eigenvalue weighted by atomic mass is 32.2. The topological polar surface area (TPSA) is 63.4 Å². The van der Waals surface area contributed by atoms with Crippen LogP contribution in [0.4, 0.5) is 5.69 Å². The van der Waals surface area contributed by atoms with Gasteiger partial charge in [0.05, 0.1) is 10.6 Å². The molecule has 0 radical (unpaired) electrons. The monoisotopic (exact) mass is 284 g/mol. The van der Waals surface area contributed by atoms with Gasteiger partial charge in [0.15, 0.2) is 9.84 Å². The van der Waals surface area contributed by atoms with Crippen LogP contribution in [0, 0.1) is 0 Å². The summed E-state index contributed by atoms with van der Waals surface area (Å²) in [6, 6.07) is 7.10. The average molecular weight is 284 g/mol. The molecule has 0 fully saturated rings. The number of hydrogen-bond donors (Lipinski definition) is 1. The molecule has 4 nitrogen and oxygen atoms in total. The predicted molar refractivity (Wildman–Crippen MR) is 80.3 cm³/mol. The third kappa shape index (κ3) is 4.84. The van der Waals surface area contributed by atoms with Gasteiger partial charge in [-0.25, -0.2) is 8.42 Å². The van der Waals surface area contributed by atoms with Gasteiger partial charge in [-0.15, -0.1) is 0 Å². The fraction of sp³-hybridized carbons (Fsp3) is 0.571. The second-order valence-corrected chi connectivity index (χ2v) is 6.95. The maximum Gasteiger partial charge on any atom is 0.178 e. The van der Waals surface area contributed by atoms with Gasteiger partial charge in [-0.3, -0.25) is 0 Å². The van der Waals surface area contributed by atoms with Crippen molar-refractivity contribution in [3.05, 3.63) is 24.3 Å². The Bertz CT molecular complexity index is 469. The van der Waals surface area contributed by atoms with Crippen LogP contribution in [0.1, 0.15) is 26.2 Å². The molecule has 0 aliphatic rings. The Balaban J connectivity index is 2.61. The van der Waals surface area contributed by atoms with Gasteiger partial charge in [0.1, 0.15) is 0 Å². The lowest BCUT2D eigenvalue weighted by atomic mass is 10.2. The van der Waals surface area contributed by atoms with Crippen molar-refractivity contribution in [3.63, 3.8) is 0 Å². The highest BCUT2D eigenvalue weighted by Gasteiger charge is 2.11. The highest BCUT2D eigenvalue weighted by Crippen LogP contribution is 2.18. The summed E-state index contributed by atoms with van der Waals surface area (Å²) in [5, 5.41) is 0. The molecule has 0 aromatic heterocycles. The van der Waals surface area contributed by atoms with Crippen molar-refractivity contribution >= 4 is 15.5 Å². The first-order valence-electron chi connectivity index (χ1n) is 6.75. The maximum absolute atomic E-state index is 11.7. The van der Waals surface area contributed by atoms with Crippen molar-refractivity contribution in [1.29, 1.82) is 0 Å². The number of nitrogens with two attached hydrogens (primary N) is 1. The smallest absolute Gasteiger partial charge is 0.178 e. The van der Waals surface area contributed by atoms with Gasteiger partial charge in [0.25, 0.3) is 0 Å². The number of anilines is 1. The van der Waals surface area contributed by atoms with Crippen LogP contribution in [-0.4, -0.2) is 34.3 Å². The first-order valence-corrected chi connectivity index (χ1v) is 8.40. The molecule has 0 saturated carbocycles. The largest absolute Gasteiger partial charge is 0.375 e. The minimum atomic E-state index is -3.10. The molecule has 2 N–H and O–H groups in total. The fourth-order valence-electron chi connectivity index (χ4n) is 1.87. The molecule has 5 heteroatoms. The lowest BCUT2D eigenvalue weighted by molar-refractivity contribution is 0.597. The van der Waals surface area contributed by atoms with Crippen molar-refractivity contribution in [2.45, 2.75) is 31.1 Å². The Morgan fingerprint density at radius 2 is 1.74 bits per heavy atom. The molecule has 108 valence electrons. The Labute approximate surface area is 116 Å². The van der Waals surface area contributed by atoms with E-state index in [0.717, 1.165) is 38.0 Å². The summed E-state index contributed by atoms with van der Waals surface area (Å²) in [4.78, 5) is 2.54. The second-order valence-electron chi connectivity index (χ2n) is 4.67. The van der Waals surface area contributed by atoms with Crippen LogP contribution < -0.4 is 10.6 Å². The summed E-state index contributed by atoms with van der Waals surface area (Å²) in [7, 11) is -1.08. The molecular formula is C14H24N2O2S. The van der Waals surface area contributed by atoms with E-state index in [1.807, 2.05) is 19.2 Å². The van der Waals surface area contributed by atoms with E-state index in [-0.39, 0.29) is 5.75 Å². The number of sulfone groups is 1. The van der Waals surface area contributed by atoms with Crippen molar-refractivity contribution in [1.82, 2.24) is 0 Å². The third-order valence-corrected chi connectivity index (χ3v) is 4.96. The SMILES string of the molecule is CCS(=O)(=O)c1ccc(N(C)CCCCCN)cc1. The van der Waals surface area contributed by atoms with Crippen LogP contribution in [0.5, 0.6) is 0 Å². The third-order valence-electron chi connectivity index (χ3n) is 3.21. The highest BCUT2D eigenvalue weighted by molar-refractivity contribution is 7.91. The molecule has 0 spiro atoms. The van der Waals surface area contributed by atoms with Gasteiger partial charge < -0.3 is 10.6 Å². The van der Waals surface area contributed by atoms with Crippen LogP contribution in [0.15, 0.2) is 29.2 Å². The number of unbranched alkanes of at least 4 members (excludes halogenated alkanes) is 2. The zero-order valence-corrected chi connectivity index (χ0v) is 12.6. The summed E-state index contributed by atoms with van der Waals surface area (Å²) >= 11 is 0. The predicted octanol–water partition coefficient (Wildman–Crippen LogP) is 2.05. The maximum atomic E-state index is 11.7. The molecule has 0 unspecified atom stereocenters. The van der Waals surface area contributed by atoms with Crippen molar-refractivity contribution < 1.29 is 8.42 Å². The van der Waals surface area contributed by atoms with Gasteiger partial charge in [-0.2, -0.15) is 0 Å². The van der Waals surface area contributed by atoms with E-state index in [0.29, 0.717) is 4.90 Å². The lowest BCUT2D eigenvalue weighted by Gasteiger charge is -2.19. The number of rotatable bonds is 8. The van der Waals surface area contributed by atoms with Gasteiger partial charge in [0, 0.05) is 19.3 Å². The summed E-state index contributed by atoms with van der Waals surface area (Å²) in [5.41, 5.74) is 6.50. The van der Waals surface area contributed by atoms with Crippen LogP contribution in [-0.2, 0) is 9.84 Å². The van der Waals surface area contributed by atoms with E-state index < -0.39 is 9.84 Å². The summed E-state index contributed by atoms with van der Waals surface area (Å²) < 4.78 is 23.4. The molecule has 0 bridgehead atoms. The normalized spacial score (nSPS) is 11.5. The van der Waals surface area contributed by atoms with E-state index in [9.17, 15) is 8.42 Å². The van der Waals surface area contributed by atoms with Crippen molar-refractivity contribution in [3.8, 4) is 0 Å². The molecule has 1 rings (SSSR count). The van der Waals surface area contributed by atoms with E-state index in [2.05, 4.69) is 4.90 Å². The quantitative estimate of drug-likeness (QED) is 0.742. The zero-order valence-electron chi connectivity index (χ0n) is 11.8. The first-order chi connectivity index (χ1) is 9.01. The summed E-state index contributed by atoms with van der Waals surface area (Å²) in [5.74, 6) is 0.140. The van der Waals surface area contributed by atoms with Gasteiger partial charge in [0.2, 0.25) is 0 Å². The zero-order chi connectivity index (χ0) is 14.3. The van der Waals surface area contributed by atoms with Crippen molar-refractivity contribution in [2.75, 3.05) is 30.8 Å². The average Bonchev–Trinajstić information content (AvgIpc) is 2.43. The Hall–Kier alpha value is -1.07. The van der Waals surface area contributed by atoms with Crippen LogP contribution >= 0.6 is 0 Å². The number of nitrogens with zero attached hydrogens (tertiary/aromatic N) is 1. The minimum absolute atomic E-state index is 0.140. The molecule has 0 atom stereocenters. The molecule has 0 heterocycles. The molecular weight excluding hydrogens is 260 g/mol. The fourth-order valence-corrected chi connectivity index (χ4v) is 2.76. The Morgan fingerprint density at radius 1 is 1.11 bits per heavy atom. The van der Waals surface area contributed by atoms with Crippen LogP contribution in [0.25, 0.3) is 0 Å². The minimum Gasteiger partial charge on any atom is -0.375 e. The van der Waals surface area contributed by atoms with Crippen LogP contribution in [0.3, 0.4) is 0 Å². The molecule has 1 aromatic rings. The second kappa shape index (κ2) is 7.50.